The average Bonchev–Trinajstić information content (AvgIpc) is 2.89. The van der Waals surface area contributed by atoms with Crippen molar-refractivity contribution in [1.82, 2.24) is 4.57 Å². The lowest BCUT2D eigenvalue weighted by Gasteiger charge is -2.05. The fourth-order valence-electron chi connectivity index (χ4n) is 2.05. The highest BCUT2D eigenvalue weighted by Crippen LogP contribution is 2.22. The lowest BCUT2D eigenvalue weighted by atomic mass is 10.2. The van der Waals surface area contributed by atoms with Gasteiger partial charge in [-0.05, 0) is 29.7 Å². The summed E-state index contributed by atoms with van der Waals surface area (Å²) in [5.41, 5.74) is -0.154. The van der Waals surface area contributed by atoms with Gasteiger partial charge in [0.15, 0.2) is 5.78 Å². The standard InChI is InChI=1S/C15H10ClNO2S/c16-14-6-5-13(20-14)12(18)9-17-8-7-10-3-1-2-4-11(10)15(17)19/h1-8H,9H2. The largest absolute Gasteiger partial charge is 0.307 e. The normalized spacial score (nSPS) is 10.8. The van der Waals surface area contributed by atoms with E-state index < -0.39 is 0 Å². The zero-order valence-electron chi connectivity index (χ0n) is 10.4. The van der Waals surface area contributed by atoms with Crippen molar-refractivity contribution in [3.63, 3.8) is 0 Å². The van der Waals surface area contributed by atoms with Crippen molar-refractivity contribution >= 4 is 39.5 Å². The Labute approximate surface area is 124 Å². The third-order valence-electron chi connectivity index (χ3n) is 3.05. The molecule has 2 heterocycles. The van der Waals surface area contributed by atoms with E-state index in [1.807, 2.05) is 24.3 Å². The van der Waals surface area contributed by atoms with Gasteiger partial charge in [-0.2, -0.15) is 0 Å². The monoisotopic (exact) mass is 303 g/mol. The predicted molar refractivity (Wildman–Crippen MR) is 81.9 cm³/mol. The molecule has 0 aliphatic heterocycles. The number of hydrogen-bond donors (Lipinski definition) is 0. The molecule has 1 aromatic carbocycles. The van der Waals surface area contributed by atoms with Gasteiger partial charge in [0.05, 0.1) is 15.8 Å². The van der Waals surface area contributed by atoms with E-state index in [2.05, 4.69) is 0 Å². The van der Waals surface area contributed by atoms with Gasteiger partial charge in [0.1, 0.15) is 0 Å². The smallest absolute Gasteiger partial charge is 0.258 e. The van der Waals surface area contributed by atoms with E-state index in [0.29, 0.717) is 14.6 Å². The number of thiophene rings is 1. The third-order valence-corrected chi connectivity index (χ3v) is 4.32. The van der Waals surface area contributed by atoms with Gasteiger partial charge in [0.2, 0.25) is 0 Å². The molecular weight excluding hydrogens is 294 g/mol. The number of rotatable bonds is 3. The number of pyridine rings is 1. The Morgan fingerprint density at radius 3 is 2.70 bits per heavy atom. The van der Waals surface area contributed by atoms with E-state index in [1.54, 1.807) is 24.4 Å². The highest BCUT2D eigenvalue weighted by Gasteiger charge is 2.11. The van der Waals surface area contributed by atoms with Gasteiger partial charge < -0.3 is 4.57 Å². The van der Waals surface area contributed by atoms with Gasteiger partial charge in [0.25, 0.3) is 5.56 Å². The molecule has 100 valence electrons. The minimum absolute atomic E-state index is 0.0283. The first-order chi connectivity index (χ1) is 9.65. The molecule has 0 radical (unpaired) electrons. The second-order valence-corrected chi connectivity index (χ2v) is 6.08. The second kappa shape index (κ2) is 5.23. The van der Waals surface area contributed by atoms with E-state index in [4.69, 9.17) is 11.6 Å². The van der Waals surface area contributed by atoms with Crippen molar-refractivity contribution < 1.29 is 4.79 Å². The molecule has 2 aromatic heterocycles. The van der Waals surface area contributed by atoms with Crippen molar-refractivity contribution in [3.05, 3.63) is 68.2 Å². The highest BCUT2D eigenvalue weighted by molar-refractivity contribution is 7.18. The highest BCUT2D eigenvalue weighted by atomic mass is 35.5. The van der Waals surface area contributed by atoms with Crippen LogP contribution in [-0.4, -0.2) is 10.4 Å². The Bertz CT molecular complexity index is 850. The fraction of sp³-hybridized carbons (Fsp3) is 0.0667. The van der Waals surface area contributed by atoms with Crippen molar-refractivity contribution in [2.75, 3.05) is 0 Å². The summed E-state index contributed by atoms with van der Waals surface area (Å²) in [6.45, 7) is 0.0283. The molecule has 20 heavy (non-hydrogen) atoms. The molecule has 0 bridgehead atoms. The fourth-order valence-corrected chi connectivity index (χ4v) is 3.02. The summed E-state index contributed by atoms with van der Waals surface area (Å²) in [7, 11) is 0. The van der Waals surface area contributed by atoms with Crippen LogP contribution in [0.3, 0.4) is 0 Å². The summed E-state index contributed by atoms with van der Waals surface area (Å²) >= 11 is 7.04. The van der Waals surface area contributed by atoms with Crippen LogP contribution < -0.4 is 5.56 Å². The van der Waals surface area contributed by atoms with Crippen LogP contribution in [0.25, 0.3) is 10.8 Å². The SMILES string of the molecule is O=C(Cn1ccc2ccccc2c1=O)c1ccc(Cl)s1. The lowest BCUT2D eigenvalue weighted by molar-refractivity contribution is 0.0975. The van der Waals surface area contributed by atoms with Crippen molar-refractivity contribution in [1.29, 1.82) is 0 Å². The molecule has 0 aliphatic rings. The van der Waals surface area contributed by atoms with Gasteiger partial charge in [-0.1, -0.05) is 29.8 Å². The van der Waals surface area contributed by atoms with E-state index in [0.717, 1.165) is 5.39 Å². The number of ketones is 1. The topological polar surface area (TPSA) is 39.1 Å². The summed E-state index contributed by atoms with van der Waals surface area (Å²) in [5.74, 6) is -0.112. The Hall–Kier alpha value is -1.91. The Kier molecular flexibility index (Phi) is 3.42. The third kappa shape index (κ3) is 2.40. The second-order valence-electron chi connectivity index (χ2n) is 4.36. The molecule has 0 unspecified atom stereocenters. The molecule has 0 aliphatic carbocycles. The summed E-state index contributed by atoms with van der Waals surface area (Å²) in [5, 5.41) is 1.49. The molecule has 0 spiro atoms. The van der Waals surface area contributed by atoms with Crippen LogP contribution in [0.1, 0.15) is 9.67 Å². The molecule has 3 rings (SSSR count). The predicted octanol–water partition coefficient (Wildman–Crippen LogP) is 3.60. The minimum atomic E-state index is -0.154. The van der Waals surface area contributed by atoms with Crippen molar-refractivity contribution in [3.8, 4) is 0 Å². The number of carbonyl (C=O) groups excluding carboxylic acids is 1. The average molecular weight is 304 g/mol. The summed E-state index contributed by atoms with van der Waals surface area (Å²) in [6.07, 6.45) is 1.65. The van der Waals surface area contributed by atoms with Crippen LogP contribution in [0.5, 0.6) is 0 Å². The molecule has 0 atom stereocenters. The maximum atomic E-state index is 12.3. The van der Waals surface area contributed by atoms with Crippen LogP contribution in [0.2, 0.25) is 4.34 Å². The number of Topliss-reactive ketones (excluding diaryl/α,β-unsaturated/α-hetero) is 1. The maximum Gasteiger partial charge on any atom is 0.258 e. The molecule has 5 heteroatoms. The quantitative estimate of drug-likeness (QED) is 0.694. The first-order valence-electron chi connectivity index (χ1n) is 6.02. The maximum absolute atomic E-state index is 12.3. The summed E-state index contributed by atoms with van der Waals surface area (Å²) in [6, 6.07) is 12.5. The number of halogens is 1. The molecule has 0 N–H and O–H groups in total. The van der Waals surface area contributed by atoms with Crippen LogP contribution in [0.15, 0.2) is 53.5 Å². The first-order valence-corrected chi connectivity index (χ1v) is 7.21. The van der Waals surface area contributed by atoms with Crippen LogP contribution in [0.4, 0.5) is 0 Å². The molecular formula is C15H10ClNO2S. The van der Waals surface area contributed by atoms with E-state index in [9.17, 15) is 9.59 Å². The molecule has 3 nitrogen and oxygen atoms in total. The van der Waals surface area contributed by atoms with Gasteiger partial charge >= 0.3 is 0 Å². The number of aromatic nitrogens is 1. The Morgan fingerprint density at radius 1 is 1.15 bits per heavy atom. The Morgan fingerprint density at radius 2 is 1.95 bits per heavy atom. The van der Waals surface area contributed by atoms with E-state index in [1.165, 1.54) is 15.9 Å². The first kappa shape index (κ1) is 13.1. The number of fused-ring (bicyclic) bond motifs is 1. The van der Waals surface area contributed by atoms with E-state index >= 15 is 0 Å². The zero-order chi connectivity index (χ0) is 14.1. The van der Waals surface area contributed by atoms with Crippen LogP contribution in [-0.2, 0) is 6.54 Å². The van der Waals surface area contributed by atoms with Gasteiger partial charge in [-0.3, -0.25) is 9.59 Å². The molecule has 0 fully saturated rings. The van der Waals surface area contributed by atoms with Gasteiger partial charge in [-0.25, -0.2) is 0 Å². The molecule has 0 saturated carbocycles. The van der Waals surface area contributed by atoms with Gasteiger partial charge in [-0.15, -0.1) is 11.3 Å². The molecule has 3 aromatic rings. The number of hydrogen-bond acceptors (Lipinski definition) is 3. The van der Waals surface area contributed by atoms with Crippen LogP contribution >= 0.6 is 22.9 Å². The van der Waals surface area contributed by atoms with E-state index in [-0.39, 0.29) is 17.9 Å². The lowest BCUT2D eigenvalue weighted by Crippen LogP contribution is -2.23. The van der Waals surface area contributed by atoms with Crippen LogP contribution in [0, 0.1) is 0 Å². The van der Waals surface area contributed by atoms with Crippen molar-refractivity contribution in [2.24, 2.45) is 0 Å². The number of carbonyl (C=O) groups is 1. The number of nitrogens with zero attached hydrogens (tertiary/aromatic N) is 1. The van der Waals surface area contributed by atoms with Gasteiger partial charge in [0, 0.05) is 11.6 Å². The number of benzene rings is 1. The Balaban J connectivity index is 1.97. The summed E-state index contributed by atoms with van der Waals surface area (Å²) in [4.78, 5) is 25.0. The molecule has 0 saturated heterocycles. The minimum Gasteiger partial charge on any atom is -0.307 e. The zero-order valence-corrected chi connectivity index (χ0v) is 11.9. The van der Waals surface area contributed by atoms with Crippen molar-refractivity contribution in [2.45, 2.75) is 6.54 Å². The summed E-state index contributed by atoms with van der Waals surface area (Å²) < 4.78 is 2.00. The molecule has 0 amide bonds.